The van der Waals surface area contributed by atoms with Gasteiger partial charge in [-0.2, -0.15) is 0 Å². The fourth-order valence-electron chi connectivity index (χ4n) is 1.55. The summed E-state index contributed by atoms with van der Waals surface area (Å²) in [4.78, 5) is 0. The van der Waals surface area contributed by atoms with E-state index >= 15 is 0 Å². The van der Waals surface area contributed by atoms with E-state index in [1.54, 1.807) is 20.3 Å². The first kappa shape index (κ1) is 16.8. The summed E-state index contributed by atoms with van der Waals surface area (Å²) in [5.41, 5.74) is 1.73. The lowest BCUT2D eigenvalue weighted by molar-refractivity contribution is 0.355. The topological polar surface area (TPSA) is 42.5 Å². The summed E-state index contributed by atoms with van der Waals surface area (Å²) in [5, 5.41) is 6.66. The van der Waals surface area contributed by atoms with Crippen molar-refractivity contribution in [3.05, 3.63) is 55.2 Å². The van der Waals surface area contributed by atoms with Crippen molar-refractivity contribution in [3.63, 3.8) is 0 Å². The highest BCUT2D eigenvalue weighted by Crippen LogP contribution is 2.29. The number of ether oxygens (including phenoxy) is 2. The molecule has 21 heavy (non-hydrogen) atoms. The van der Waals surface area contributed by atoms with Crippen molar-refractivity contribution in [1.29, 1.82) is 0 Å². The summed E-state index contributed by atoms with van der Waals surface area (Å²) < 4.78 is 10.4. The largest absolute Gasteiger partial charge is 0.493 e. The Hall–Kier alpha value is -2.27. The van der Waals surface area contributed by atoms with Crippen LogP contribution in [0.5, 0.6) is 11.5 Å². The van der Waals surface area contributed by atoms with Crippen LogP contribution in [-0.4, -0.2) is 25.9 Å². The Morgan fingerprint density at radius 3 is 2.62 bits per heavy atom. The molecule has 0 fully saturated rings. The third-order valence-electron chi connectivity index (χ3n) is 2.59. The summed E-state index contributed by atoms with van der Waals surface area (Å²) in [6.45, 7) is 8.06. The molecule has 0 aliphatic heterocycles. The van der Waals surface area contributed by atoms with Crippen LogP contribution in [0.15, 0.2) is 55.2 Å². The van der Waals surface area contributed by atoms with Crippen LogP contribution < -0.4 is 20.1 Å². The van der Waals surface area contributed by atoms with Gasteiger partial charge in [0.05, 0.1) is 14.2 Å². The first-order valence-corrected chi connectivity index (χ1v) is 6.75. The normalized spacial score (nSPS) is 10.0. The Labute approximate surface area is 131 Å². The second-order valence-electron chi connectivity index (χ2n) is 4.13. The van der Waals surface area contributed by atoms with E-state index < -0.39 is 0 Å². The number of methoxy groups -OCH3 is 2. The van der Waals surface area contributed by atoms with Gasteiger partial charge in [-0.05, 0) is 29.9 Å². The first-order valence-electron chi connectivity index (χ1n) is 6.34. The standard InChI is InChI=1S/C16H20N2O2S/c1-5-6-7-12(2)11-17-16(21)18-13-8-9-14(19-3)15(10-13)20-4/h5-10H,1-2,11H2,3-4H3,(H2,17,18,21)/b7-6-. The molecule has 0 radical (unpaired) electrons. The summed E-state index contributed by atoms with van der Waals surface area (Å²) in [6, 6.07) is 5.50. The van der Waals surface area contributed by atoms with Crippen LogP contribution in [0.4, 0.5) is 5.69 Å². The highest BCUT2D eigenvalue weighted by molar-refractivity contribution is 7.80. The van der Waals surface area contributed by atoms with Gasteiger partial charge in [-0.3, -0.25) is 0 Å². The van der Waals surface area contributed by atoms with Gasteiger partial charge in [0.15, 0.2) is 16.6 Å². The zero-order chi connectivity index (χ0) is 15.7. The highest BCUT2D eigenvalue weighted by Gasteiger charge is 2.05. The predicted molar refractivity (Wildman–Crippen MR) is 92.2 cm³/mol. The minimum Gasteiger partial charge on any atom is -0.493 e. The predicted octanol–water partition coefficient (Wildman–Crippen LogP) is 3.29. The van der Waals surface area contributed by atoms with Crippen molar-refractivity contribution >= 4 is 23.0 Å². The molecule has 0 bridgehead atoms. The van der Waals surface area contributed by atoms with Gasteiger partial charge in [0.25, 0.3) is 0 Å². The molecule has 0 aromatic heterocycles. The van der Waals surface area contributed by atoms with Crippen LogP contribution in [0.25, 0.3) is 0 Å². The maximum absolute atomic E-state index is 5.24. The van der Waals surface area contributed by atoms with Crippen molar-refractivity contribution in [3.8, 4) is 11.5 Å². The van der Waals surface area contributed by atoms with Crippen LogP contribution in [-0.2, 0) is 0 Å². The first-order chi connectivity index (χ1) is 10.1. The molecule has 0 atom stereocenters. The maximum Gasteiger partial charge on any atom is 0.171 e. The molecule has 4 nitrogen and oxygen atoms in total. The van der Waals surface area contributed by atoms with Gasteiger partial charge in [-0.25, -0.2) is 0 Å². The second-order valence-corrected chi connectivity index (χ2v) is 4.54. The van der Waals surface area contributed by atoms with Crippen LogP contribution >= 0.6 is 12.2 Å². The van der Waals surface area contributed by atoms with Crippen molar-refractivity contribution in [1.82, 2.24) is 5.32 Å². The van der Waals surface area contributed by atoms with Crippen molar-refractivity contribution < 1.29 is 9.47 Å². The molecule has 0 saturated heterocycles. The number of allylic oxidation sites excluding steroid dienone is 2. The Morgan fingerprint density at radius 1 is 1.29 bits per heavy atom. The van der Waals surface area contributed by atoms with Gasteiger partial charge in [0, 0.05) is 18.3 Å². The Kier molecular flexibility index (Phi) is 7.04. The Morgan fingerprint density at radius 2 is 2.00 bits per heavy atom. The zero-order valence-corrected chi connectivity index (χ0v) is 13.1. The zero-order valence-electron chi connectivity index (χ0n) is 12.3. The quantitative estimate of drug-likeness (QED) is 0.598. The van der Waals surface area contributed by atoms with Crippen molar-refractivity contribution in [2.75, 3.05) is 26.1 Å². The van der Waals surface area contributed by atoms with E-state index in [0.717, 1.165) is 11.3 Å². The third kappa shape index (κ3) is 5.71. The molecule has 1 aromatic rings. The lowest BCUT2D eigenvalue weighted by atomic mass is 10.2. The molecular formula is C16H20N2O2S. The van der Waals surface area contributed by atoms with E-state index in [9.17, 15) is 0 Å². The molecule has 5 heteroatoms. The average Bonchev–Trinajstić information content (AvgIpc) is 2.50. The molecule has 0 unspecified atom stereocenters. The van der Waals surface area contributed by atoms with Crippen LogP contribution in [0.1, 0.15) is 0 Å². The Balaban J connectivity index is 2.57. The van der Waals surface area contributed by atoms with E-state index in [2.05, 4.69) is 23.8 Å². The summed E-state index contributed by atoms with van der Waals surface area (Å²) in [6.07, 6.45) is 5.40. The number of rotatable bonds is 7. The van der Waals surface area contributed by atoms with E-state index in [0.29, 0.717) is 23.2 Å². The minimum atomic E-state index is 0.510. The van der Waals surface area contributed by atoms with E-state index in [4.69, 9.17) is 21.7 Å². The third-order valence-corrected chi connectivity index (χ3v) is 2.83. The Bertz CT molecular complexity index is 553. The second kappa shape index (κ2) is 8.81. The van der Waals surface area contributed by atoms with Gasteiger partial charge in [-0.15, -0.1) is 0 Å². The van der Waals surface area contributed by atoms with E-state index in [-0.39, 0.29) is 0 Å². The molecule has 112 valence electrons. The summed E-state index contributed by atoms with van der Waals surface area (Å²) in [7, 11) is 3.19. The fraction of sp³-hybridized carbons (Fsp3) is 0.188. The van der Waals surface area contributed by atoms with Crippen molar-refractivity contribution in [2.24, 2.45) is 0 Å². The smallest absolute Gasteiger partial charge is 0.171 e. The van der Waals surface area contributed by atoms with Crippen molar-refractivity contribution in [2.45, 2.75) is 0 Å². The number of anilines is 1. The van der Waals surface area contributed by atoms with Gasteiger partial charge in [0.1, 0.15) is 0 Å². The molecule has 0 heterocycles. The van der Waals surface area contributed by atoms with E-state index in [1.165, 1.54) is 0 Å². The van der Waals surface area contributed by atoms with Gasteiger partial charge in [-0.1, -0.05) is 31.4 Å². The summed E-state index contributed by atoms with van der Waals surface area (Å²) in [5.74, 6) is 1.31. The SMILES string of the molecule is C=C/C=C\C(=C)CNC(=S)Nc1ccc(OC)c(OC)c1. The number of hydrogen-bond acceptors (Lipinski definition) is 3. The molecule has 2 N–H and O–H groups in total. The van der Waals surface area contributed by atoms with E-state index in [1.807, 2.05) is 30.4 Å². The molecule has 0 spiro atoms. The molecule has 0 aliphatic rings. The molecule has 1 aromatic carbocycles. The van der Waals surface area contributed by atoms with Gasteiger partial charge in [0.2, 0.25) is 0 Å². The molecule has 0 aliphatic carbocycles. The maximum atomic E-state index is 5.24. The minimum absolute atomic E-state index is 0.510. The highest BCUT2D eigenvalue weighted by atomic mass is 32.1. The summed E-state index contributed by atoms with van der Waals surface area (Å²) >= 11 is 5.23. The molecular weight excluding hydrogens is 284 g/mol. The molecule has 0 saturated carbocycles. The van der Waals surface area contributed by atoms with Crippen LogP contribution in [0.2, 0.25) is 0 Å². The average molecular weight is 304 g/mol. The molecule has 0 amide bonds. The number of nitrogens with one attached hydrogen (secondary N) is 2. The lowest BCUT2D eigenvalue weighted by Gasteiger charge is -2.13. The molecule has 1 rings (SSSR count). The number of thiocarbonyl (C=S) groups is 1. The monoisotopic (exact) mass is 304 g/mol. The van der Waals surface area contributed by atoms with Gasteiger partial charge >= 0.3 is 0 Å². The van der Waals surface area contributed by atoms with Gasteiger partial charge < -0.3 is 20.1 Å². The van der Waals surface area contributed by atoms with Crippen LogP contribution in [0.3, 0.4) is 0 Å². The lowest BCUT2D eigenvalue weighted by Crippen LogP contribution is -2.29. The number of benzene rings is 1. The number of hydrogen-bond donors (Lipinski definition) is 2. The van der Waals surface area contributed by atoms with Crippen LogP contribution in [0, 0.1) is 0 Å². The fourth-order valence-corrected chi connectivity index (χ4v) is 1.74.